The average molecular weight is 353 g/mol. The van der Waals surface area contributed by atoms with Crippen LogP contribution in [0.25, 0.3) is 11.3 Å². The number of pyridine rings is 1. The summed E-state index contributed by atoms with van der Waals surface area (Å²) in [4.78, 5) is 23.5. The third-order valence-electron chi connectivity index (χ3n) is 4.21. The van der Waals surface area contributed by atoms with Gasteiger partial charge in [0.2, 0.25) is 0 Å². The molecule has 0 atom stereocenters. The van der Waals surface area contributed by atoms with Crippen molar-refractivity contribution in [3.8, 4) is 11.3 Å². The van der Waals surface area contributed by atoms with Crippen LogP contribution in [0.5, 0.6) is 0 Å². The second-order valence-corrected chi connectivity index (χ2v) is 5.99. The Bertz CT molecular complexity index is 990. The number of benzene rings is 1. The highest BCUT2D eigenvalue weighted by Gasteiger charge is 2.16. The number of aliphatic carboxylic acids is 1. The molecule has 0 fully saturated rings. The summed E-state index contributed by atoms with van der Waals surface area (Å²) in [6, 6.07) is 11.3. The van der Waals surface area contributed by atoms with Gasteiger partial charge in [-0.05, 0) is 25.5 Å². The van der Waals surface area contributed by atoms with Gasteiger partial charge in [-0.15, -0.1) is 0 Å². The number of nitrogens with one attached hydrogen (secondary N) is 1. The van der Waals surface area contributed by atoms with Crippen molar-refractivity contribution >= 4 is 5.97 Å². The molecule has 0 aliphatic heterocycles. The average Bonchev–Trinajstić information content (AvgIpc) is 2.99. The molecule has 0 aliphatic carbocycles. The molecular weight excluding hydrogens is 334 g/mol. The number of hydrogen-bond acceptors (Lipinski definition) is 5. The molecule has 7 heteroatoms. The smallest absolute Gasteiger partial charge is 0.308 e. The summed E-state index contributed by atoms with van der Waals surface area (Å²) in [5, 5.41) is 13.1. The lowest BCUT2D eigenvalue weighted by Crippen LogP contribution is -2.32. The second-order valence-electron chi connectivity index (χ2n) is 5.99. The van der Waals surface area contributed by atoms with Crippen molar-refractivity contribution in [2.45, 2.75) is 26.8 Å². The number of carbonyl (C=O) groups is 1. The van der Waals surface area contributed by atoms with Crippen LogP contribution in [0.15, 0.2) is 51.9 Å². The zero-order chi connectivity index (χ0) is 18.7. The molecule has 0 saturated carbocycles. The molecule has 0 bridgehead atoms. The zero-order valence-electron chi connectivity index (χ0n) is 14.5. The van der Waals surface area contributed by atoms with E-state index in [1.54, 1.807) is 19.2 Å². The minimum atomic E-state index is -1.04. The third kappa shape index (κ3) is 3.51. The Morgan fingerprint density at radius 3 is 2.62 bits per heavy atom. The number of carboxylic acid groups (broad SMARTS) is 1. The maximum Gasteiger partial charge on any atom is 0.308 e. The normalized spacial score (nSPS) is 10.7. The molecule has 0 spiro atoms. The minimum Gasteiger partial charge on any atom is -0.481 e. The van der Waals surface area contributed by atoms with Crippen molar-refractivity contribution in [1.29, 1.82) is 0 Å². The summed E-state index contributed by atoms with van der Waals surface area (Å²) in [6.07, 6.45) is 1.28. The number of aryl methyl sites for hydroxylation is 2. The molecule has 0 saturated heterocycles. The Kier molecular flexibility index (Phi) is 4.88. The Labute approximate surface area is 149 Å². The molecule has 7 nitrogen and oxygen atoms in total. The van der Waals surface area contributed by atoms with Gasteiger partial charge >= 0.3 is 5.97 Å². The van der Waals surface area contributed by atoms with Crippen molar-refractivity contribution in [2.75, 3.05) is 5.43 Å². The number of aromatic nitrogens is 2. The SMILES string of the molecule is Cc1ccn(NCc2c(-c3ccccc3)noc2C)c(=O)c1CC(=O)O. The minimum absolute atomic E-state index is 0.262. The van der Waals surface area contributed by atoms with Crippen molar-refractivity contribution in [1.82, 2.24) is 9.83 Å². The maximum atomic E-state index is 12.5. The molecule has 2 heterocycles. The van der Waals surface area contributed by atoms with E-state index in [9.17, 15) is 9.59 Å². The van der Waals surface area contributed by atoms with Crippen LogP contribution in [0.1, 0.15) is 22.5 Å². The number of nitrogens with zero attached hydrogens (tertiary/aromatic N) is 2. The van der Waals surface area contributed by atoms with Crippen molar-refractivity contribution in [3.05, 3.63) is 75.4 Å². The van der Waals surface area contributed by atoms with Crippen molar-refractivity contribution in [2.24, 2.45) is 0 Å². The van der Waals surface area contributed by atoms with Gasteiger partial charge in [-0.3, -0.25) is 9.59 Å². The van der Waals surface area contributed by atoms with Gasteiger partial charge in [0.1, 0.15) is 11.5 Å². The highest BCUT2D eigenvalue weighted by molar-refractivity contribution is 5.70. The van der Waals surface area contributed by atoms with E-state index >= 15 is 0 Å². The van der Waals surface area contributed by atoms with E-state index in [2.05, 4.69) is 10.6 Å². The van der Waals surface area contributed by atoms with Crippen LogP contribution in [0.3, 0.4) is 0 Å². The molecule has 3 rings (SSSR count). The van der Waals surface area contributed by atoms with Gasteiger partial charge in [0.05, 0.1) is 13.0 Å². The molecule has 0 amide bonds. The van der Waals surface area contributed by atoms with Crippen molar-refractivity contribution in [3.63, 3.8) is 0 Å². The molecule has 0 unspecified atom stereocenters. The maximum absolute atomic E-state index is 12.5. The van der Waals surface area contributed by atoms with Crippen LogP contribution in [0, 0.1) is 13.8 Å². The standard InChI is InChI=1S/C19H19N3O4/c1-12-8-9-22(19(25)15(12)10-17(23)24)20-11-16-13(2)26-21-18(16)14-6-4-3-5-7-14/h3-9,20H,10-11H2,1-2H3,(H,23,24). The summed E-state index contributed by atoms with van der Waals surface area (Å²) in [5.74, 6) is -0.383. The lowest BCUT2D eigenvalue weighted by atomic mass is 10.1. The van der Waals surface area contributed by atoms with Gasteiger partial charge in [-0.2, -0.15) is 0 Å². The van der Waals surface area contributed by atoms with Crippen LogP contribution in [0.4, 0.5) is 0 Å². The van der Waals surface area contributed by atoms with E-state index < -0.39 is 5.97 Å². The van der Waals surface area contributed by atoms with Gasteiger partial charge in [0.25, 0.3) is 5.56 Å². The molecule has 3 aromatic rings. The molecule has 134 valence electrons. The van der Waals surface area contributed by atoms with E-state index in [0.29, 0.717) is 23.6 Å². The first-order valence-corrected chi connectivity index (χ1v) is 8.14. The number of hydrogen-bond donors (Lipinski definition) is 2. The first-order chi connectivity index (χ1) is 12.5. The topological polar surface area (TPSA) is 97.4 Å². The summed E-state index contributed by atoms with van der Waals surface area (Å²) >= 11 is 0. The highest BCUT2D eigenvalue weighted by Crippen LogP contribution is 2.24. The van der Waals surface area contributed by atoms with E-state index in [4.69, 9.17) is 9.63 Å². The highest BCUT2D eigenvalue weighted by atomic mass is 16.5. The first-order valence-electron chi connectivity index (χ1n) is 8.14. The van der Waals surface area contributed by atoms with Crippen LogP contribution in [0.2, 0.25) is 0 Å². The van der Waals surface area contributed by atoms with Gasteiger partial charge in [-0.25, -0.2) is 4.68 Å². The van der Waals surface area contributed by atoms with E-state index in [1.165, 1.54) is 4.68 Å². The molecule has 2 N–H and O–H groups in total. The Morgan fingerprint density at radius 2 is 1.92 bits per heavy atom. The van der Waals surface area contributed by atoms with E-state index in [-0.39, 0.29) is 17.5 Å². The van der Waals surface area contributed by atoms with Gasteiger partial charge < -0.3 is 15.1 Å². The van der Waals surface area contributed by atoms with Crippen LogP contribution in [-0.4, -0.2) is 20.9 Å². The Hall–Kier alpha value is -3.35. The molecule has 26 heavy (non-hydrogen) atoms. The van der Waals surface area contributed by atoms with Crippen LogP contribution >= 0.6 is 0 Å². The second kappa shape index (κ2) is 7.26. The zero-order valence-corrected chi connectivity index (χ0v) is 14.5. The Balaban J connectivity index is 1.88. The summed E-state index contributed by atoms with van der Waals surface area (Å²) in [7, 11) is 0. The van der Waals surface area contributed by atoms with Crippen molar-refractivity contribution < 1.29 is 14.4 Å². The number of carboxylic acids is 1. The lowest BCUT2D eigenvalue weighted by Gasteiger charge is -2.12. The van der Waals surface area contributed by atoms with Gasteiger partial charge in [0, 0.05) is 22.9 Å². The predicted octanol–water partition coefficient (Wildman–Crippen LogP) is 2.49. The molecule has 2 aromatic heterocycles. The lowest BCUT2D eigenvalue weighted by molar-refractivity contribution is -0.136. The molecular formula is C19H19N3O4. The summed E-state index contributed by atoms with van der Waals surface area (Å²) in [5.41, 5.74) is 6.03. The molecule has 0 radical (unpaired) electrons. The summed E-state index contributed by atoms with van der Waals surface area (Å²) in [6.45, 7) is 3.85. The predicted molar refractivity (Wildman–Crippen MR) is 96.5 cm³/mol. The first kappa shape index (κ1) is 17.5. The van der Waals surface area contributed by atoms with Gasteiger partial charge in [-0.1, -0.05) is 35.5 Å². The van der Waals surface area contributed by atoms with Crippen LogP contribution < -0.4 is 11.0 Å². The Morgan fingerprint density at radius 1 is 1.19 bits per heavy atom. The van der Waals surface area contributed by atoms with E-state index in [1.807, 2.05) is 37.3 Å². The monoisotopic (exact) mass is 353 g/mol. The van der Waals surface area contributed by atoms with Crippen LogP contribution in [-0.2, 0) is 17.8 Å². The fraction of sp³-hybridized carbons (Fsp3) is 0.211. The van der Waals surface area contributed by atoms with E-state index in [0.717, 1.165) is 11.1 Å². The summed E-state index contributed by atoms with van der Waals surface area (Å²) < 4.78 is 6.61. The fourth-order valence-electron chi connectivity index (χ4n) is 2.75. The largest absolute Gasteiger partial charge is 0.481 e. The van der Waals surface area contributed by atoms with Gasteiger partial charge in [0.15, 0.2) is 0 Å². The quantitative estimate of drug-likeness (QED) is 0.707. The number of rotatable bonds is 6. The fourth-order valence-corrected chi connectivity index (χ4v) is 2.75. The molecule has 1 aromatic carbocycles. The molecule has 0 aliphatic rings. The third-order valence-corrected chi connectivity index (χ3v) is 4.21.